The highest BCUT2D eigenvalue weighted by Crippen LogP contribution is 2.37. The quantitative estimate of drug-likeness (QED) is 0.896. The number of nitrogens with one attached hydrogen (secondary N) is 1. The molecule has 1 amide bonds. The predicted octanol–water partition coefficient (Wildman–Crippen LogP) is 4.30. The maximum atomic E-state index is 12.4. The van der Waals surface area contributed by atoms with Crippen molar-refractivity contribution in [3.8, 4) is 0 Å². The minimum Gasteiger partial charge on any atom is -0.325 e. The molecule has 0 saturated carbocycles. The van der Waals surface area contributed by atoms with Gasteiger partial charge in [0.2, 0.25) is 5.91 Å². The van der Waals surface area contributed by atoms with Crippen LogP contribution in [0.25, 0.3) is 0 Å². The van der Waals surface area contributed by atoms with Crippen LogP contribution in [0.15, 0.2) is 47.4 Å². The van der Waals surface area contributed by atoms with Gasteiger partial charge >= 0.3 is 0 Å². The molecule has 0 bridgehead atoms. The summed E-state index contributed by atoms with van der Waals surface area (Å²) in [5.41, 5.74) is 3.06. The third kappa shape index (κ3) is 2.69. The molecule has 1 N–H and O–H groups in total. The highest BCUT2D eigenvalue weighted by Gasteiger charge is 2.28. The molecule has 4 heteroatoms. The zero-order valence-corrected chi connectivity index (χ0v) is 12.6. The fourth-order valence-electron chi connectivity index (χ4n) is 2.31. The Labute approximate surface area is 127 Å². The van der Waals surface area contributed by atoms with E-state index in [1.54, 1.807) is 17.8 Å². The lowest BCUT2D eigenvalue weighted by Crippen LogP contribution is -2.25. The van der Waals surface area contributed by atoms with E-state index >= 15 is 0 Å². The summed E-state index contributed by atoms with van der Waals surface area (Å²) < 4.78 is 0. The van der Waals surface area contributed by atoms with Gasteiger partial charge in [-0.25, -0.2) is 0 Å². The largest absolute Gasteiger partial charge is 0.325 e. The summed E-state index contributed by atoms with van der Waals surface area (Å²) in [6, 6.07) is 13.7. The first-order valence-electron chi connectivity index (χ1n) is 6.45. The standard InChI is InChI=1S/C16H14ClNOS/c1-10-8-12(17)6-7-13(10)18-16(19)15-9-11-4-2-3-5-14(11)20-15/h2-8,15H,9H2,1H3,(H,18,19). The van der Waals surface area contributed by atoms with Gasteiger partial charge in [0.25, 0.3) is 0 Å². The molecule has 0 saturated heterocycles. The number of carbonyl (C=O) groups is 1. The second-order valence-corrected chi connectivity index (χ2v) is 6.55. The third-order valence-electron chi connectivity index (χ3n) is 3.39. The van der Waals surface area contributed by atoms with Gasteiger partial charge in [-0.3, -0.25) is 4.79 Å². The molecule has 102 valence electrons. The zero-order chi connectivity index (χ0) is 14.1. The molecule has 3 rings (SSSR count). The second kappa shape index (κ2) is 5.51. The molecule has 20 heavy (non-hydrogen) atoms. The molecule has 0 aromatic heterocycles. The topological polar surface area (TPSA) is 29.1 Å². The number of carbonyl (C=O) groups excluding carboxylic acids is 1. The van der Waals surface area contributed by atoms with E-state index in [2.05, 4.69) is 17.4 Å². The third-order valence-corrected chi connectivity index (χ3v) is 4.94. The number of hydrogen-bond acceptors (Lipinski definition) is 2. The average molecular weight is 304 g/mol. The maximum Gasteiger partial charge on any atom is 0.238 e. The molecule has 1 unspecified atom stereocenters. The zero-order valence-electron chi connectivity index (χ0n) is 11.0. The second-order valence-electron chi connectivity index (χ2n) is 4.87. The SMILES string of the molecule is Cc1cc(Cl)ccc1NC(=O)C1Cc2ccccc2S1. The van der Waals surface area contributed by atoms with Crippen molar-refractivity contribution in [2.24, 2.45) is 0 Å². The Bertz CT molecular complexity index is 646. The first kappa shape index (κ1) is 13.5. The Morgan fingerprint density at radius 1 is 1.30 bits per heavy atom. The van der Waals surface area contributed by atoms with Gasteiger partial charge in [-0.1, -0.05) is 29.8 Å². The minimum atomic E-state index is -0.0533. The van der Waals surface area contributed by atoms with Crippen molar-refractivity contribution in [3.63, 3.8) is 0 Å². The van der Waals surface area contributed by atoms with Gasteiger partial charge in [-0.15, -0.1) is 11.8 Å². The van der Waals surface area contributed by atoms with Crippen LogP contribution in [0, 0.1) is 6.92 Å². The van der Waals surface area contributed by atoms with Crippen molar-refractivity contribution in [3.05, 3.63) is 58.6 Å². The van der Waals surface area contributed by atoms with Crippen LogP contribution in [-0.2, 0) is 11.2 Å². The van der Waals surface area contributed by atoms with Crippen LogP contribution < -0.4 is 5.32 Å². The number of amides is 1. The molecule has 1 aliphatic heterocycles. The van der Waals surface area contributed by atoms with E-state index in [1.807, 2.05) is 31.2 Å². The monoisotopic (exact) mass is 303 g/mol. The Morgan fingerprint density at radius 3 is 2.85 bits per heavy atom. The normalized spacial score (nSPS) is 16.8. The van der Waals surface area contributed by atoms with E-state index in [0.29, 0.717) is 5.02 Å². The lowest BCUT2D eigenvalue weighted by Gasteiger charge is -2.12. The van der Waals surface area contributed by atoms with Gasteiger partial charge < -0.3 is 5.32 Å². The smallest absolute Gasteiger partial charge is 0.238 e. The number of fused-ring (bicyclic) bond motifs is 1. The molecule has 1 atom stereocenters. The van der Waals surface area contributed by atoms with Gasteiger partial charge in [0.15, 0.2) is 0 Å². The molecule has 0 spiro atoms. The number of rotatable bonds is 2. The van der Waals surface area contributed by atoms with Crippen LogP contribution in [0.3, 0.4) is 0 Å². The van der Waals surface area contributed by atoms with E-state index in [-0.39, 0.29) is 11.2 Å². The highest BCUT2D eigenvalue weighted by molar-refractivity contribution is 8.01. The number of benzene rings is 2. The lowest BCUT2D eigenvalue weighted by molar-refractivity contribution is -0.115. The van der Waals surface area contributed by atoms with E-state index < -0.39 is 0 Å². The molecular formula is C16H14ClNOS. The first-order valence-corrected chi connectivity index (χ1v) is 7.71. The number of hydrogen-bond donors (Lipinski definition) is 1. The van der Waals surface area contributed by atoms with Crippen molar-refractivity contribution in [2.75, 3.05) is 5.32 Å². The van der Waals surface area contributed by atoms with Crippen molar-refractivity contribution in [1.82, 2.24) is 0 Å². The molecule has 0 aliphatic carbocycles. The van der Waals surface area contributed by atoms with Crippen LogP contribution >= 0.6 is 23.4 Å². The minimum absolute atomic E-state index is 0.0524. The summed E-state index contributed by atoms with van der Waals surface area (Å²) >= 11 is 7.56. The number of anilines is 1. The number of thioether (sulfide) groups is 1. The molecule has 1 aliphatic rings. The molecule has 2 nitrogen and oxygen atoms in total. The van der Waals surface area contributed by atoms with Crippen LogP contribution in [0.1, 0.15) is 11.1 Å². The van der Waals surface area contributed by atoms with Crippen molar-refractivity contribution >= 4 is 35.0 Å². The first-order chi connectivity index (χ1) is 9.63. The van der Waals surface area contributed by atoms with Crippen LogP contribution in [0.2, 0.25) is 5.02 Å². The predicted molar refractivity (Wildman–Crippen MR) is 84.6 cm³/mol. The fraction of sp³-hybridized carbons (Fsp3) is 0.188. The van der Waals surface area contributed by atoms with E-state index in [9.17, 15) is 4.79 Å². The summed E-state index contributed by atoms with van der Waals surface area (Å²) in [6.07, 6.45) is 0.791. The number of aryl methyl sites for hydroxylation is 1. The van der Waals surface area contributed by atoms with Crippen LogP contribution in [0.4, 0.5) is 5.69 Å². The van der Waals surface area contributed by atoms with Crippen LogP contribution in [-0.4, -0.2) is 11.2 Å². The van der Waals surface area contributed by atoms with Gasteiger partial charge in [0.1, 0.15) is 0 Å². The molecule has 1 heterocycles. The summed E-state index contributed by atoms with van der Waals surface area (Å²) in [6.45, 7) is 1.94. The Kier molecular flexibility index (Phi) is 3.72. The van der Waals surface area contributed by atoms with Crippen molar-refractivity contribution < 1.29 is 4.79 Å². The van der Waals surface area contributed by atoms with E-state index in [0.717, 1.165) is 17.7 Å². The Morgan fingerprint density at radius 2 is 2.10 bits per heavy atom. The average Bonchev–Trinajstić information content (AvgIpc) is 2.86. The van der Waals surface area contributed by atoms with Crippen molar-refractivity contribution in [2.45, 2.75) is 23.5 Å². The van der Waals surface area contributed by atoms with Crippen molar-refractivity contribution in [1.29, 1.82) is 0 Å². The summed E-state index contributed by atoms with van der Waals surface area (Å²) in [5, 5.41) is 3.63. The molecular weight excluding hydrogens is 290 g/mol. The Balaban J connectivity index is 1.72. The summed E-state index contributed by atoms with van der Waals surface area (Å²) in [4.78, 5) is 13.6. The molecule has 2 aromatic rings. The Hall–Kier alpha value is -1.45. The molecule has 0 fully saturated rings. The van der Waals surface area contributed by atoms with E-state index in [4.69, 9.17) is 11.6 Å². The van der Waals surface area contributed by atoms with Crippen LogP contribution in [0.5, 0.6) is 0 Å². The lowest BCUT2D eigenvalue weighted by atomic mass is 10.1. The molecule has 0 radical (unpaired) electrons. The van der Waals surface area contributed by atoms with Gasteiger partial charge in [-0.2, -0.15) is 0 Å². The summed E-state index contributed by atoms with van der Waals surface area (Å²) in [7, 11) is 0. The highest BCUT2D eigenvalue weighted by atomic mass is 35.5. The maximum absolute atomic E-state index is 12.4. The van der Waals surface area contributed by atoms with Gasteiger partial charge in [0.05, 0.1) is 5.25 Å². The van der Waals surface area contributed by atoms with Gasteiger partial charge in [0, 0.05) is 15.6 Å². The summed E-state index contributed by atoms with van der Waals surface area (Å²) in [5.74, 6) is 0.0524. The fourth-order valence-corrected chi connectivity index (χ4v) is 3.73. The van der Waals surface area contributed by atoms with Gasteiger partial charge in [-0.05, 0) is 48.7 Å². The van der Waals surface area contributed by atoms with E-state index in [1.165, 1.54) is 10.5 Å². The molecule has 2 aromatic carbocycles. The number of halogens is 1.